The van der Waals surface area contributed by atoms with Crippen molar-refractivity contribution in [3.8, 4) is 5.75 Å². The van der Waals surface area contributed by atoms with Crippen molar-refractivity contribution in [2.24, 2.45) is 0 Å². The maximum atomic E-state index is 12.3. The summed E-state index contributed by atoms with van der Waals surface area (Å²) in [5, 5.41) is 6.49. The summed E-state index contributed by atoms with van der Waals surface area (Å²) >= 11 is 9.07. The van der Waals surface area contributed by atoms with Crippen LogP contribution in [0.2, 0.25) is 5.02 Å². The SMILES string of the molecule is FC(F)(F)Oc1ccc(Nc2ncc(Cl)c(NC3CC3)n2)cc1Br. The van der Waals surface area contributed by atoms with Crippen LogP contribution < -0.4 is 15.4 Å². The Kier molecular flexibility index (Phi) is 4.73. The highest BCUT2D eigenvalue weighted by molar-refractivity contribution is 9.10. The first-order valence-electron chi connectivity index (χ1n) is 6.91. The van der Waals surface area contributed by atoms with E-state index >= 15 is 0 Å². The number of aromatic nitrogens is 2. The average Bonchev–Trinajstić information content (AvgIpc) is 3.28. The summed E-state index contributed by atoms with van der Waals surface area (Å²) in [5.41, 5.74) is 0.496. The molecule has 0 aliphatic heterocycles. The number of hydrogen-bond acceptors (Lipinski definition) is 5. The van der Waals surface area contributed by atoms with Gasteiger partial charge in [-0.2, -0.15) is 4.98 Å². The van der Waals surface area contributed by atoms with Gasteiger partial charge >= 0.3 is 6.36 Å². The van der Waals surface area contributed by atoms with Crippen LogP contribution >= 0.6 is 27.5 Å². The zero-order valence-electron chi connectivity index (χ0n) is 12.0. The second-order valence-electron chi connectivity index (χ2n) is 5.13. The highest BCUT2D eigenvalue weighted by Gasteiger charge is 2.32. The smallest absolute Gasteiger partial charge is 0.405 e. The lowest BCUT2D eigenvalue weighted by Crippen LogP contribution is -2.17. The van der Waals surface area contributed by atoms with Crippen LogP contribution in [0.15, 0.2) is 28.9 Å². The minimum atomic E-state index is -4.75. The first kappa shape index (κ1) is 17.1. The van der Waals surface area contributed by atoms with Gasteiger partial charge in [-0.05, 0) is 47.0 Å². The molecule has 128 valence electrons. The molecule has 2 N–H and O–H groups in total. The predicted octanol–water partition coefficient (Wildman–Crippen LogP) is 5.11. The monoisotopic (exact) mass is 422 g/mol. The average molecular weight is 424 g/mol. The molecule has 3 rings (SSSR count). The van der Waals surface area contributed by atoms with Gasteiger partial charge < -0.3 is 15.4 Å². The molecule has 1 aliphatic rings. The molecule has 0 spiro atoms. The minimum absolute atomic E-state index is 0.148. The fourth-order valence-electron chi connectivity index (χ4n) is 1.86. The molecule has 1 aromatic carbocycles. The quantitative estimate of drug-likeness (QED) is 0.700. The Hall–Kier alpha value is -1.74. The number of anilines is 3. The molecule has 0 bridgehead atoms. The number of benzene rings is 1. The molecule has 1 aliphatic carbocycles. The van der Waals surface area contributed by atoms with E-state index < -0.39 is 6.36 Å². The summed E-state index contributed by atoms with van der Waals surface area (Å²) in [5.74, 6) is 0.466. The third-order valence-electron chi connectivity index (χ3n) is 3.08. The molecule has 0 saturated heterocycles. The Morgan fingerprint density at radius 1 is 1.29 bits per heavy atom. The van der Waals surface area contributed by atoms with E-state index in [4.69, 9.17) is 11.6 Å². The molecule has 24 heavy (non-hydrogen) atoms. The molecular weight excluding hydrogens is 413 g/mol. The molecule has 5 nitrogen and oxygen atoms in total. The topological polar surface area (TPSA) is 59.1 Å². The van der Waals surface area contributed by atoms with E-state index in [0.717, 1.165) is 12.8 Å². The number of nitrogens with one attached hydrogen (secondary N) is 2. The van der Waals surface area contributed by atoms with Gasteiger partial charge in [0.25, 0.3) is 0 Å². The first-order valence-corrected chi connectivity index (χ1v) is 8.09. The lowest BCUT2D eigenvalue weighted by Gasteiger charge is -2.12. The Balaban J connectivity index is 1.74. The third-order valence-corrected chi connectivity index (χ3v) is 3.97. The van der Waals surface area contributed by atoms with Crippen molar-refractivity contribution in [2.75, 3.05) is 10.6 Å². The van der Waals surface area contributed by atoms with Crippen LogP contribution in [0.3, 0.4) is 0 Å². The van der Waals surface area contributed by atoms with Crippen LogP contribution in [0.5, 0.6) is 5.75 Å². The number of nitrogens with zero attached hydrogens (tertiary/aromatic N) is 2. The highest BCUT2D eigenvalue weighted by Crippen LogP contribution is 2.33. The van der Waals surface area contributed by atoms with Gasteiger partial charge in [0.2, 0.25) is 5.95 Å². The van der Waals surface area contributed by atoms with E-state index in [2.05, 4.69) is 41.3 Å². The lowest BCUT2D eigenvalue weighted by atomic mass is 10.3. The number of ether oxygens (including phenoxy) is 1. The maximum absolute atomic E-state index is 12.3. The molecule has 0 radical (unpaired) electrons. The molecule has 1 fully saturated rings. The molecule has 10 heteroatoms. The van der Waals surface area contributed by atoms with Gasteiger partial charge in [0.1, 0.15) is 10.8 Å². The number of alkyl halides is 3. The Morgan fingerprint density at radius 2 is 2.04 bits per heavy atom. The van der Waals surface area contributed by atoms with E-state index in [-0.39, 0.29) is 16.2 Å². The number of hydrogen-bond donors (Lipinski definition) is 2. The number of halogens is 5. The van der Waals surface area contributed by atoms with E-state index in [1.54, 1.807) is 0 Å². The highest BCUT2D eigenvalue weighted by atomic mass is 79.9. The second-order valence-corrected chi connectivity index (χ2v) is 6.39. The van der Waals surface area contributed by atoms with E-state index in [1.807, 2.05) is 0 Å². The van der Waals surface area contributed by atoms with Gasteiger partial charge in [-0.25, -0.2) is 4.98 Å². The van der Waals surface area contributed by atoms with Crippen LogP contribution in [-0.2, 0) is 0 Å². The molecule has 0 unspecified atom stereocenters. The fourth-order valence-corrected chi connectivity index (χ4v) is 2.47. The first-order chi connectivity index (χ1) is 11.3. The summed E-state index contributed by atoms with van der Waals surface area (Å²) in [4.78, 5) is 8.32. The fraction of sp³-hybridized carbons (Fsp3) is 0.286. The molecule has 2 aromatic rings. The Labute approximate surface area is 148 Å². The summed E-state index contributed by atoms with van der Waals surface area (Å²) in [7, 11) is 0. The van der Waals surface area contributed by atoms with Crippen molar-refractivity contribution in [3.05, 3.63) is 33.9 Å². The molecule has 1 heterocycles. The largest absolute Gasteiger partial charge is 0.573 e. The third kappa shape index (κ3) is 4.64. The summed E-state index contributed by atoms with van der Waals surface area (Å²) in [6.07, 6.45) is -1.16. The van der Waals surface area contributed by atoms with Crippen LogP contribution in [0.1, 0.15) is 12.8 Å². The molecule has 0 atom stereocenters. The maximum Gasteiger partial charge on any atom is 0.573 e. The van der Waals surface area contributed by atoms with Crippen molar-refractivity contribution in [1.29, 1.82) is 0 Å². The molecule has 1 aromatic heterocycles. The minimum Gasteiger partial charge on any atom is -0.405 e. The van der Waals surface area contributed by atoms with Crippen LogP contribution in [-0.4, -0.2) is 22.4 Å². The van der Waals surface area contributed by atoms with Gasteiger partial charge in [-0.3, -0.25) is 0 Å². The van der Waals surface area contributed by atoms with E-state index in [9.17, 15) is 13.2 Å². The molecular formula is C14H11BrClF3N4O. The van der Waals surface area contributed by atoms with Crippen molar-refractivity contribution < 1.29 is 17.9 Å². The summed E-state index contributed by atoms with van der Waals surface area (Å²) in [6, 6.07) is 4.43. The van der Waals surface area contributed by atoms with Crippen molar-refractivity contribution in [2.45, 2.75) is 25.2 Å². The predicted molar refractivity (Wildman–Crippen MR) is 87.8 cm³/mol. The van der Waals surface area contributed by atoms with Gasteiger partial charge in [0, 0.05) is 11.7 Å². The molecule has 1 saturated carbocycles. The summed E-state index contributed by atoms with van der Waals surface area (Å²) in [6.45, 7) is 0. The van der Waals surface area contributed by atoms with Crippen molar-refractivity contribution in [1.82, 2.24) is 9.97 Å². The van der Waals surface area contributed by atoms with Gasteiger partial charge in [0.15, 0.2) is 5.82 Å². The number of rotatable bonds is 5. The lowest BCUT2D eigenvalue weighted by molar-refractivity contribution is -0.274. The van der Waals surface area contributed by atoms with Crippen molar-refractivity contribution in [3.63, 3.8) is 0 Å². The zero-order valence-corrected chi connectivity index (χ0v) is 14.3. The normalized spacial score (nSPS) is 14.4. The zero-order chi connectivity index (χ0) is 17.3. The van der Waals surface area contributed by atoms with Gasteiger partial charge in [-0.1, -0.05) is 11.6 Å². The van der Waals surface area contributed by atoms with Crippen LogP contribution in [0, 0.1) is 0 Å². The van der Waals surface area contributed by atoms with Gasteiger partial charge in [-0.15, -0.1) is 13.2 Å². The van der Waals surface area contributed by atoms with E-state index in [1.165, 1.54) is 24.4 Å². The Morgan fingerprint density at radius 3 is 2.67 bits per heavy atom. The molecule has 0 amide bonds. The van der Waals surface area contributed by atoms with Gasteiger partial charge in [0.05, 0.1) is 10.7 Å². The van der Waals surface area contributed by atoms with Crippen LogP contribution in [0.4, 0.5) is 30.6 Å². The van der Waals surface area contributed by atoms with Crippen molar-refractivity contribution >= 4 is 45.0 Å². The van der Waals surface area contributed by atoms with E-state index in [0.29, 0.717) is 22.6 Å². The van der Waals surface area contributed by atoms with Crippen LogP contribution in [0.25, 0.3) is 0 Å². The standard InChI is InChI=1S/C14H11BrClF3N4O/c15-9-5-8(3-4-11(9)24-14(17,18)19)22-13-20-6-10(16)12(23-13)21-7-1-2-7/h3-7H,1-2H2,(H2,20,21,22,23). The second kappa shape index (κ2) is 6.64. The Bertz CT molecular complexity index is 755. The summed E-state index contributed by atoms with van der Waals surface area (Å²) < 4.78 is 40.8.